The highest BCUT2D eigenvalue weighted by Crippen LogP contribution is 2.28. The number of morpholine rings is 1. The lowest BCUT2D eigenvalue weighted by atomic mass is 10.1. The van der Waals surface area contributed by atoms with Crippen molar-refractivity contribution < 1.29 is 18.1 Å². The van der Waals surface area contributed by atoms with E-state index in [1.165, 1.54) is 12.3 Å². The summed E-state index contributed by atoms with van der Waals surface area (Å²) in [5.41, 5.74) is 2.46. The smallest absolute Gasteiger partial charge is 0.254 e. The minimum absolute atomic E-state index is 0.0805. The first-order chi connectivity index (χ1) is 16.0. The van der Waals surface area contributed by atoms with Gasteiger partial charge in [0.1, 0.15) is 0 Å². The van der Waals surface area contributed by atoms with Gasteiger partial charge in [0.05, 0.1) is 34.4 Å². The predicted octanol–water partition coefficient (Wildman–Crippen LogP) is 2.83. The highest BCUT2D eigenvalue weighted by atomic mass is 32.2. The van der Waals surface area contributed by atoms with Crippen LogP contribution in [0, 0.1) is 5.95 Å². The third kappa shape index (κ3) is 4.14. The zero-order chi connectivity index (χ0) is 22.9. The van der Waals surface area contributed by atoms with Gasteiger partial charge in [-0.05, 0) is 23.8 Å². The number of fused-ring (bicyclic) bond motifs is 1. The summed E-state index contributed by atoms with van der Waals surface area (Å²) >= 11 is 0. The predicted molar refractivity (Wildman–Crippen MR) is 121 cm³/mol. The molecule has 1 atom stereocenters. The highest BCUT2D eigenvalue weighted by Gasteiger charge is 2.21. The van der Waals surface area contributed by atoms with E-state index in [1.54, 1.807) is 52.5 Å². The maximum absolute atomic E-state index is 13.5. The Morgan fingerprint density at radius 2 is 1.82 bits per heavy atom. The second-order valence-corrected chi connectivity index (χ2v) is 8.94. The van der Waals surface area contributed by atoms with Crippen LogP contribution in [0.3, 0.4) is 0 Å². The first-order valence-electron chi connectivity index (χ1n) is 10.3. The Labute approximate surface area is 191 Å². The van der Waals surface area contributed by atoms with E-state index in [1.807, 2.05) is 6.07 Å². The number of carbonyl (C=O) groups excluding carboxylic acids is 1. The molecule has 0 spiro atoms. The zero-order valence-corrected chi connectivity index (χ0v) is 18.6. The standard InChI is InChI=1S/C23H20FN5O3S/c1-33(31)20-14-29(23-26-12-17(13-27-23)15-4-5-25-21(24)11-15)19-10-16(2-3-18(19)20)22(30)28-6-8-32-9-7-28/h2-5,10-14H,6-9H2,1H3. The van der Waals surface area contributed by atoms with Crippen molar-refractivity contribution in [2.75, 3.05) is 32.6 Å². The Balaban J connectivity index is 1.56. The molecule has 3 aromatic heterocycles. The monoisotopic (exact) mass is 465 g/mol. The molecule has 4 aromatic rings. The van der Waals surface area contributed by atoms with Crippen LogP contribution in [0.5, 0.6) is 0 Å². The number of hydrogen-bond donors (Lipinski definition) is 0. The molecule has 8 nitrogen and oxygen atoms in total. The van der Waals surface area contributed by atoms with E-state index >= 15 is 0 Å². The lowest BCUT2D eigenvalue weighted by Gasteiger charge is -2.26. The average Bonchev–Trinajstić information content (AvgIpc) is 3.23. The van der Waals surface area contributed by atoms with E-state index in [2.05, 4.69) is 15.0 Å². The van der Waals surface area contributed by atoms with Crippen molar-refractivity contribution in [1.82, 2.24) is 24.4 Å². The van der Waals surface area contributed by atoms with Crippen molar-refractivity contribution in [3.63, 3.8) is 0 Å². The molecule has 1 amide bonds. The molecule has 1 aliphatic rings. The van der Waals surface area contributed by atoms with Gasteiger partial charge in [-0.3, -0.25) is 13.6 Å². The number of amides is 1. The van der Waals surface area contributed by atoms with Crippen molar-refractivity contribution >= 4 is 27.6 Å². The number of rotatable bonds is 4. The Kier molecular flexibility index (Phi) is 5.69. The Morgan fingerprint density at radius 1 is 1.06 bits per heavy atom. The fourth-order valence-electron chi connectivity index (χ4n) is 3.85. The molecule has 1 unspecified atom stereocenters. The molecule has 0 aliphatic carbocycles. The molecule has 33 heavy (non-hydrogen) atoms. The number of carbonyl (C=O) groups is 1. The van der Waals surface area contributed by atoms with Crippen LogP contribution in [0.4, 0.5) is 4.39 Å². The average molecular weight is 466 g/mol. The lowest BCUT2D eigenvalue weighted by molar-refractivity contribution is 0.0303. The molecule has 168 valence electrons. The molecular weight excluding hydrogens is 445 g/mol. The van der Waals surface area contributed by atoms with Gasteiger partial charge in [-0.25, -0.2) is 15.0 Å². The van der Waals surface area contributed by atoms with E-state index in [4.69, 9.17) is 4.74 Å². The number of hydrogen-bond acceptors (Lipinski definition) is 6. The van der Waals surface area contributed by atoms with Gasteiger partial charge in [0.25, 0.3) is 5.91 Å². The quantitative estimate of drug-likeness (QED) is 0.431. The van der Waals surface area contributed by atoms with Crippen molar-refractivity contribution in [3.05, 3.63) is 66.6 Å². The molecule has 1 fully saturated rings. The number of halogens is 1. The molecule has 10 heteroatoms. The summed E-state index contributed by atoms with van der Waals surface area (Å²) in [6, 6.07) is 8.33. The lowest BCUT2D eigenvalue weighted by Crippen LogP contribution is -2.40. The molecule has 1 saturated heterocycles. The van der Waals surface area contributed by atoms with E-state index < -0.39 is 16.7 Å². The van der Waals surface area contributed by atoms with Gasteiger partial charge in [0.15, 0.2) is 0 Å². The molecule has 0 saturated carbocycles. The van der Waals surface area contributed by atoms with Gasteiger partial charge in [-0.15, -0.1) is 0 Å². The Hall–Kier alpha value is -3.50. The van der Waals surface area contributed by atoms with Crippen LogP contribution in [0.1, 0.15) is 10.4 Å². The summed E-state index contributed by atoms with van der Waals surface area (Å²) in [4.78, 5) is 27.8. The number of aromatic nitrogens is 4. The van der Waals surface area contributed by atoms with Gasteiger partial charge in [-0.1, -0.05) is 6.07 Å². The first kappa shape index (κ1) is 21.4. The topological polar surface area (TPSA) is 90.2 Å². The maximum Gasteiger partial charge on any atom is 0.254 e. The minimum atomic E-state index is -1.25. The first-order valence-corrected chi connectivity index (χ1v) is 11.9. The van der Waals surface area contributed by atoms with Gasteiger partial charge < -0.3 is 9.64 Å². The summed E-state index contributed by atoms with van der Waals surface area (Å²) in [7, 11) is -1.25. The van der Waals surface area contributed by atoms with Crippen molar-refractivity contribution in [2.45, 2.75) is 4.90 Å². The molecule has 0 radical (unpaired) electrons. The Morgan fingerprint density at radius 3 is 2.52 bits per heavy atom. The molecule has 0 bridgehead atoms. The van der Waals surface area contributed by atoms with E-state index in [-0.39, 0.29) is 5.91 Å². The fourth-order valence-corrected chi connectivity index (χ4v) is 4.59. The largest absolute Gasteiger partial charge is 0.378 e. The maximum atomic E-state index is 13.5. The van der Waals surface area contributed by atoms with Crippen LogP contribution in [-0.2, 0) is 15.5 Å². The van der Waals surface area contributed by atoms with Crippen molar-refractivity contribution in [3.8, 4) is 17.1 Å². The molecule has 4 heterocycles. The van der Waals surface area contributed by atoms with Crippen LogP contribution >= 0.6 is 0 Å². The number of pyridine rings is 1. The second-order valence-electron chi connectivity index (χ2n) is 7.59. The normalized spacial score (nSPS) is 15.0. The SMILES string of the molecule is CS(=O)c1cn(-c2ncc(-c3ccnc(F)c3)cn2)c2cc(C(=O)N3CCOCC3)ccc12. The van der Waals surface area contributed by atoms with Gasteiger partial charge in [0.2, 0.25) is 11.9 Å². The molecule has 1 aromatic carbocycles. The van der Waals surface area contributed by atoms with Gasteiger partial charge in [-0.2, -0.15) is 4.39 Å². The minimum Gasteiger partial charge on any atom is -0.378 e. The van der Waals surface area contributed by atoms with Crippen LogP contribution in [0.2, 0.25) is 0 Å². The van der Waals surface area contributed by atoms with E-state index in [0.29, 0.717) is 59.4 Å². The van der Waals surface area contributed by atoms with Crippen LogP contribution in [0.15, 0.2) is 60.0 Å². The zero-order valence-electron chi connectivity index (χ0n) is 17.8. The van der Waals surface area contributed by atoms with Crippen LogP contribution in [-0.4, -0.2) is 67.1 Å². The summed E-state index contributed by atoms with van der Waals surface area (Å²) in [6.45, 7) is 2.13. The van der Waals surface area contributed by atoms with Crippen molar-refractivity contribution in [1.29, 1.82) is 0 Å². The summed E-state index contributed by atoms with van der Waals surface area (Å²) < 4.78 is 32.9. The summed E-state index contributed by atoms with van der Waals surface area (Å²) in [6.07, 6.45) is 7.90. The number of nitrogens with zero attached hydrogens (tertiary/aromatic N) is 5. The molecule has 5 rings (SSSR count). The van der Waals surface area contributed by atoms with Crippen LogP contribution < -0.4 is 0 Å². The highest BCUT2D eigenvalue weighted by molar-refractivity contribution is 7.84. The number of benzene rings is 1. The molecule has 0 N–H and O–H groups in total. The molecule has 1 aliphatic heterocycles. The van der Waals surface area contributed by atoms with Gasteiger partial charge >= 0.3 is 0 Å². The van der Waals surface area contributed by atoms with Gasteiger partial charge in [0, 0.05) is 66.7 Å². The summed E-state index contributed by atoms with van der Waals surface area (Å²) in [5.74, 6) is -0.311. The van der Waals surface area contributed by atoms with E-state index in [9.17, 15) is 13.4 Å². The third-order valence-electron chi connectivity index (χ3n) is 5.54. The van der Waals surface area contributed by atoms with E-state index in [0.717, 1.165) is 5.39 Å². The fraction of sp³-hybridized carbons (Fsp3) is 0.217. The number of ether oxygens (including phenoxy) is 1. The third-order valence-corrected chi connectivity index (χ3v) is 6.48. The van der Waals surface area contributed by atoms with Crippen LogP contribution in [0.25, 0.3) is 28.0 Å². The molecular formula is C23H20FN5O3S. The second kappa shape index (κ2) is 8.80. The Bertz CT molecular complexity index is 1370. The summed E-state index contributed by atoms with van der Waals surface area (Å²) in [5, 5.41) is 0.762. The van der Waals surface area contributed by atoms with Crippen molar-refractivity contribution in [2.24, 2.45) is 0 Å².